The molecule has 19 heavy (non-hydrogen) atoms. The van der Waals surface area contributed by atoms with Crippen molar-refractivity contribution < 1.29 is 17.2 Å². The summed E-state index contributed by atoms with van der Waals surface area (Å²) in [5, 5.41) is 0. The zero-order valence-corrected chi connectivity index (χ0v) is 11.8. The molecule has 1 fully saturated rings. The van der Waals surface area contributed by atoms with Crippen molar-refractivity contribution in [3.8, 4) is 0 Å². The lowest BCUT2D eigenvalue weighted by molar-refractivity contribution is 0.204. The minimum absolute atomic E-state index is 0.153. The highest BCUT2D eigenvalue weighted by atomic mass is 32.2. The highest BCUT2D eigenvalue weighted by Gasteiger charge is 2.36. The number of halogens is 2. The molecule has 3 nitrogen and oxygen atoms in total. The molecule has 1 aromatic rings. The van der Waals surface area contributed by atoms with Gasteiger partial charge in [0.25, 0.3) is 0 Å². The summed E-state index contributed by atoms with van der Waals surface area (Å²) >= 11 is 0. The van der Waals surface area contributed by atoms with E-state index in [1.807, 2.05) is 13.8 Å². The highest BCUT2D eigenvalue weighted by molar-refractivity contribution is 7.89. The van der Waals surface area contributed by atoms with Crippen LogP contribution in [0, 0.1) is 11.6 Å². The van der Waals surface area contributed by atoms with E-state index in [-0.39, 0.29) is 17.0 Å². The molecule has 0 amide bonds. The Morgan fingerprint density at radius 3 is 2.00 bits per heavy atom. The van der Waals surface area contributed by atoms with Gasteiger partial charge in [-0.2, -0.15) is 4.31 Å². The van der Waals surface area contributed by atoms with Crippen molar-refractivity contribution in [1.29, 1.82) is 0 Å². The smallest absolute Gasteiger partial charge is 0.207 e. The van der Waals surface area contributed by atoms with E-state index in [1.165, 1.54) is 4.31 Å². The minimum atomic E-state index is -3.85. The van der Waals surface area contributed by atoms with Crippen LogP contribution in [-0.2, 0) is 10.0 Å². The molecule has 0 spiro atoms. The summed E-state index contributed by atoms with van der Waals surface area (Å²) in [7, 11) is -3.85. The third kappa shape index (κ3) is 2.79. The molecule has 0 N–H and O–H groups in total. The zero-order valence-electron chi connectivity index (χ0n) is 10.9. The van der Waals surface area contributed by atoms with Gasteiger partial charge in [-0.1, -0.05) is 6.42 Å². The van der Waals surface area contributed by atoms with Gasteiger partial charge < -0.3 is 0 Å². The number of benzene rings is 1. The van der Waals surface area contributed by atoms with Crippen molar-refractivity contribution in [3.63, 3.8) is 0 Å². The van der Waals surface area contributed by atoms with Crippen LogP contribution in [0.25, 0.3) is 0 Å². The molecule has 2 atom stereocenters. The molecule has 0 radical (unpaired) electrons. The summed E-state index contributed by atoms with van der Waals surface area (Å²) in [4.78, 5) is -0.314. The quantitative estimate of drug-likeness (QED) is 0.839. The third-order valence-electron chi connectivity index (χ3n) is 3.52. The molecule has 1 saturated heterocycles. The predicted octanol–water partition coefficient (Wildman–Crippen LogP) is 2.92. The first-order valence-electron chi connectivity index (χ1n) is 6.32. The lowest BCUT2D eigenvalue weighted by Crippen LogP contribution is -2.47. The number of rotatable bonds is 2. The maximum absolute atomic E-state index is 13.2. The summed E-state index contributed by atoms with van der Waals surface area (Å²) in [5.41, 5.74) is 0. The second kappa shape index (κ2) is 5.17. The van der Waals surface area contributed by atoms with Crippen LogP contribution in [0.15, 0.2) is 23.1 Å². The molecule has 2 rings (SSSR count). The van der Waals surface area contributed by atoms with Crippen LogP contribution in [0.4, 0.5) is 8.78 Å². The molecule has 1 aromatic carbocycles. The maximum atomic E-state index is 13.2. The van der Waals surface area contributed by atoms with Gasteiger partial charge in [0.15, 0.2) is 0 Å². The molecular formula is C13H17F2NO2S. The van der Waals surface area contributed by atoms with Crippen molar-refractivity contribution in [2.24, 2.45) is 0 Å². The largest absolute Gasteiger partial charge is 0.243 e. The first-order valence-corrected chi connectivity index (χ1v) is 7.76. The maximum Gasteiger partial charge on any atom is 0.243 e. The Kier molecular flexibility index (Phi) is 3.92. The Labute approximate surface area is 112 Å². The molecule has 0 aliphatic carbocycles. The number of piperidine rings is 1. The van der Waals surface area contributed by atoms with E-state index >= 15 is 0 Å². The Morgan fingerprint density at radius 1 is 1.05 bits per heavy atom. The van der Waals surface area contributed by atoms with Crippen LogP contribution in [-0.4, -0.2) is 24.8 Å². The summed E-state index contributed by atoms with van der Waals surface area (Å²) < 4.78 is 52.8. The van der Waals surface area contributed by atoms with Crippen molar-refractivity contribution in [2.45, 2.75) is 50.1 Å². The number of sulfonamides is 1. The normalized spacial score (nSPS) is 25.5. The van der Waals surface area contributed by atoms with Gasteiger partial charge >= 0.3 is 0 Å². The summed E-state index contributed by atoms with van der Waals surface area (Å²) in [6, 6.07) is 2.10. The second-order valence-electron chi connectivity index (χ2n) is 5.07. The van der Waals surface area contributed by atoms with Gasteiger partial charge in [-0.25, -0.2) is 17.2 Å². The highest BCUT2D eigenvalue weighted by Crippen LogP contribution is 2.29. The minimum Gasteiger partial charge on any atom is -0.207 e. The fraction of sp³-hybridized carbons (Fsp3) is 0.538. The van der Waals surface area contributed by atoms with Crippen LogP contribution >= 0.6 is 0 Å². The van der Waals surface area contributed by atoms with Crippen molar-refractivity contribution in [3.05, 3.63) is 29.8 Å². The number of hydrogen-bond donors (Lipinski definition) is 0. The third-order valence-corrected chi connectivity index (χ3v) is 5.63. The average Bonchev–Trinajstić information content (AvgIpc) is 2.26. The van der Waals surface area contributed by atoms with Crippen molar-refractivity contribution >= 4 is 10.0 Å². The Balaban J connectivity index is 2.46. The zero-order chi connectivity index (χ0) is 14.2. The summed E-state index contributed by atoms with van der Waals surface area (Å²) in [6.45, 7) is 3.64. The van der Waals surface area contributed by atoms with E-state index in [1.54, 1.807) is 0 Å². The monoisotopic (exact) mass is 289 g/mol. The van der Waals surface area contributed by atoms with E-state index in [4.69, 9.17) is 0 Å². The van der Waals surface area contributed by atoms with Crippen LogP contribution in [0.5, 0.6) is 0 Å². The van der Waals surface area contributed by atoms with Gasteiger partial charge in [0.05, 0.1) is 4.90 Å². The van der Waals surface area contributed by atoms with Gasteiger partial charge in [-0.15, -0.1) is 0 Å². The predicted molar refractivity (Wildman–Crippen MR) is 68.2 cm³/mol. The van der Waals surface area contributed by atoms with Gasteiger partial charge in [0.1, 0.15) is 11.6 Å². The van der Waals surface area contributed by atoms with Crippen LogP contribution in [0.3, 0.4) is 0 Å². The molecule has 0 unspecified atom stereocenters. The van der Waals surface area contributed by atoms with Gasteiger partial charge in [0.2, 0.25) is 10.0 Å². The van der Waals surface area contributed by atoms with Gasteiger partial charge in [0, 0.05) is 18.2 Å². The molecule has 1 heterocycles. The number of hydrogen-bond acceptors (Lipinski definition) is 2. The topological polar surface area (TPSA) is 37.4 Å². The van der Waals surface area contributed by atoms with Gasteiger partial charge in [-0.05, 0) is 38.8 Å². The summed E-state index contributed by atoms with van der Waals surface area (Å²) in [5.74, 6) is -1.76. The van der Waals surface area contributed by atoms with Crippen LogP contribution in [0.1, 0.15) is 33.1 Å². The SMILES string of the molecule is C[C@@H]1CCC[C@H](C)N1S(=O)(=O)c1cc(F)cc(F)c1. The van der Waals surface area contributed by atoms with E-state index in [2.05, 4.69) is 0 Å². The first-order chi connectivity index (χ1) is 8.82. The van der Waals surface area contributed by atoms with E-state index in [0.29, 0.717) is 6.07 Å². The average molecular weight is 289 g/mol. The molecule has 0 bridgehead atoms. The molecule has 0 saturated carbocycles. The fourth-order valence-corrected chi connectivity index (χ4v) is 4.60. The van der Waals surface area contributed by atoms with Gasteiger partial charge in [-0.3, -0.25) is 0 Å². The van der Waals surface area contributed by atoms with Crippen molar-refractivity contribution in [2.75, 3.05) is 0 Å². The number of nitrogens with zero attached hydrogens (tertiary/aromatic N) is 1. The van der Waals surface area contributed by atoms with E-state index in [9.17, 15) is 17.2 Å². The molecule has 6 heteroatoms. The van der Waals surface area contributed by atoms with E-state index < -0.39 is 21.7 Å². The van der Waals surface area contributed by atoms with Crippen molar-refractivity contribution in [1.82, 2.24) is 4.31 Å². The van der Waals surface area contributed by atoms with Crippen LogP contribution in [0.2, 0.25) is 0 Å². The molecule has 106 valence electrons. The second-order valence-corrected chi connectivity index (χ2v) is 6.91. The first kappa shape index (κ1) is 14.4. The molecule has 1 aliphatic rings. The molecule has 0 aromatic heterocycles. The molecule has 1 aliphatic heterocycles. The standard InChI is InChI=1S/C13H17F2NO2S/c1-9-4-3-5-10(2)16(9)19(17,18)13-7-11(14)6-12(15)8-13/h6-10H,3-5H2,1-2H3/t9-,10+. The fourth-order valence-electron chi connectivity index (χ4n) is 2.67. The summed E-state index contributed by atoms with van der Waals surface area (Å²) in [6.07, 6.45) is 2.49. The molecular weight excluding hydrogens is 272 g/mol. The van der Waals surface area contributed by atoms with E-state index in [0.717, 1.165) is 31.4 Å². The lowest BCUT2D eigenvalue weighted by atomic mass is 10.0. The lowest BCUT2D eigenvalue weighted by Gasteiger charge is -2.37. The Morgan fingerprint density at radius 2 is 1.53 bits per heavy atom. The Hall–Kier alpha value is -1.01. The van der Waals surface area contributed by atoms with Crippen LogP contribution < -0.4 is 0 Å². The Bertz CT molecular complexity index is 544.